The third kappa shape index (κ3) is 3.28. The van der Waals surface area contributed by atoms with E-state index in [1.54, 1.807) is 0 Å². The van der Waals surface area contributed by atoms with Gasteiger partial charge >= 0.3 is 0 Å². The summed E-state index contributed by atoms with van der Waals surface area (Å²) >= 11 is 0. The van der Waals surface area contributed by atoms with Crippen LogP contribution in [0.1, 0.15) is 17.3 Å². The molecule has 0 spiro atoms. The molecule has 0 fully saturated rings. The lowest BCUT2D eigenvalue weighted by Crippen LogP contribution is -2.31. The summed E-state index contributed by atoms with van der Waals surface area (Å²) in [7, 11) is 0. The minimum absolute atomic E-state index is 0.0235. The minimum atomic E-state index is -0.918. The first-order valence-electron chi connectivity index (χ1n) is 4.42. The fourth-order valence-corrected chi connectivity index (χ4v) is 1.01. The van der Waals surface area contributed by atoms with E-state index in [4.69, 9.17) is 5.11 Å². The smallest absolute Gasteiger partial charge is 0.254 e. The third-order valence-electron chi connectivity index (χ3n) is 1.73. The number of hydrogen-bond acceptors (Lipinski definition) is 2. The number of rotatable bonds is 3. The van der Waals surface area contributed by atoms with Gasteiger partial charge in [-0.3, -0.25) is 4.79 Å². The van der Waals surface area contributed by atoms with E-state index in [0.29, 0.717) is 6.07 Å². The van der Waals surface area contributed by atoms with Crippen molar-refractivity contribution in [2.24, 2.45) is 0 Å². The normalized spacial score (nSPS) is 12.3. The van der Waals surface area contributed by atoms with Gasteiger partial charge in [-0.1, -0.05) is 0 Å². The quantitative estimate of drug-likeness (QED) is 0.792. The van der Waals surface area contributed by atoms with Crippen molar-refractivity contribution in [2.45, 2.75) is 13.0 Å². The summed E-state index contributed by atoms with van der Waals surface area (Å²) in [6.45, 7) is 1.51. The first-order chi connectivity index (χ1) is 7.00. The van der Waals surface area contributed by atoms with E-state index in [-0.39, 0.29) is 12.1 Å². The Morgan fingerprint density at radius 3 is 2.73 bits per heavy atom. The van der Waals surface area contributed by atoms with Gasteiger partial charge in [-0.25, -0.2) is 8.78 Å². The lowest BCUT2D eigenvalue weighted by molar-refractivity contribution is 0.0920. The Hall–Kier alpha value is -1.49. The molecule has 1 rings (SSSR count). The number of nitrogens with one attached hydrogen (secondary N) is 1. The lowest BCUT2D eigenvalue weighted by Gasteiger charge is -2.07. The number of aliphatic hydroxyl groups excluding tert-OH is 1. The molecule has 1 atom stereocenters. The number of carbonyl (C=O) groups excluding carboxylic acids is 1. The monoisotopic (exact) mass is 215 g/mol. The molecule has 82 valence electrons. The number of aliphatic hydroxyl groups is 1. The van der Waals surface area contributed by atoms with Crippen molar-refractivity contribution in [3.8, 4) is 0 Å². The molecule has 0 aromatic heterocycles. The molecule has 2 N–H and O–H groups in total. The topological polar surface area (TPSA) is 49.3 Å². The fourth-order valence-electron chi connectivity index (χ4n) is 1.01. The summed E-state index contributed by atoms with van der Waals surface area (Å²) in [6, 6.07) is 2.69. The van der Waals surface area contributed by atoms with Crippen molar-refractivity contribution in [1.29, 1.82) is 0 Å². The highest BCUT2D eigenvalue weighted by Gasteiger charge is 2.12. The average molecular weight is 215 g/mol. The van der Waals surface area contributed by atoms with Crippen molar-refractivity contribution in [1.82, 2.24) is 5.32 Å². The third-order valence-corrected chi connectivity index (χ3v) is 1.73. The molecule has 0 aliphatic rings. The lowest BCUT2D eigenvalue weighted by atomic mass is 10.2. The molecule has 1 amide bonds. The maximum atomic E-state index is 13.1. The fraction of sp³-hybridized carbons (Fsp3) is 0.300. The van der Waals surface area contributed by atoms with Crippen molar-refractivity contribution in [3.63, 3.8) is 0 Å². The Bertz CT molecular complexity index is 366. The van der Waals surface area contributed by atoms with Crippen molar-refractivity contribution in [2.75, 3.05) is 6.54 Å². The van der Waals surface area contributed by atoms with Gasteiger partial charge in [-0.05, 0) is 19.1 Å². The van der Waals surface area contributed by atoms with Crippen molar-refractivity contribution < 1.29 is 18.7 Å². The summed E-state index contributed by atoms with van der Waals surface area (Å²) < 4.78 is 25.6. The van der Waals surface area contributed by atoms with Gasteiger partial charge in [0.2, 0.25) is 0 Å². The number of halogens is 2. The molecule has 0 bridgehead atoms. The van der Waals surface area contributed by atoms with Crippen LogP contribution in [-0.4, -0.2) is 23.7 Å². The van der Waals surface area contributed by atoms with Crippen LogP contribution >= 0.6 is 0 Å². The summed E-state index contributed by atoms with van der Waals surface area (Å²) in [5.74, 6) is -2.33. The van der Waals surface area contributed by atoms with Gasteiger partial charge in [-0.2, -0.15) is 0 Å². The van der Waals surface area contributed by atoms with Crippen LogP contribution in [0.3, 0.4) is 0 Å². The van der Waals surface area contributed by atoms with Crippen LogP contribution < -0.4 is 5.32 Å². The largest absolute Gasteiger partial charge is 0.392 e. The van der Waals surface area contributed by atoms with Crippen molar-refractivity contribution in [3.05, 3.63) is 35.4 Å². The van der Waals surface area contributed by atoms with Crippen LogP contribution in [0.4, 0.5) is 8.78 Å². The van der Waals surface area contributed by atoms with E-state index < -0.39 is 23.6 Å². The molecule has 5 heteroatoms. The highest BCUT2D eigenvalue weighted by molar-refractivity contribution is 5.94. The molecular weight excluding hydrogens is 204 g/mol. The molecule has 15 heavy (non-hydrogen) atoms. The second-order valence-corrected chi connectivity index (χ2v) is 3.18. The maximum absolute atomic E-state index is 13.1. The van der Waals surface area contributed by atoms with Gasteiger partial charge in [0, 0.05) is 12.6 Å². The Labute approximate surface area is 85.7 Å². The molecule has 0 radical (unpaired) electrons. The standard InChI is InChI=1S/C10H11F2NO2/c1-6(14)5-13-10(15)8-3-2-7(11)4-9(8)12/h2-4,6,14H,5H2,1H3,(H,13,15)/t6-/m0/s1. The first-order valence-corrected chi connectivity index (χ1v) is 4.42. The number of hydrogen-bond donors (Lipinski definition) is 2. The minimum Gasteiger partial charge on any atom is -0.392 e. The van der Waals surface area contributed by atoms with Crippen LogP contribution in [0, 0.1) is 11.6 Å². The van der Waals surface area contributed by atoms with Gasteiger partial charge in [-0.15, -0.1) is 0 Å². The highest BCUT2D eigenvalue weighted by atomic mass is 19.1. The highest BCUT2D eigenvalue weighted by Crippen LogP contribution is 2.09. The van der Waals surface area contributed by atoms with Crippen LogP contribution in [0.25, 0.3) is 0 Å². The predicted octanol–water partition coefficient (Wildman–Crippen LogP) is 1.08. The van der Waals surface area contributed by atoms with Crippen LogP contribution in [0.2, 0.25) is 0 Å². The van der Waals surface area contributed by atoms with E-state index in [0.717, 1.165) is 12.1 Å². The van der Waals surface area contributed by atoms with Gasteiger partial charge < -0.3 is 10.4 Å². The first kappa shape index (κ1) is 11.6. The maximum Gasteiger partial charge on any atom is 0.254 e. The Balaban J connectivity index is 2.74. The molecule has 1 aromatic carbocycles. The van der Waals surface area contributed by atoms with Crippen LogP contribution in [-0.2, 0) is 0 Å². The second kappa shape index (κ2) is 4.84. The summed E-state index contributed by atoms with van der Waals surface area (Å²) in [5, 5.41) is 11.2. The molecule has 0 saturated heterocycles. The van der Waals surface area contributed by atoms with E-state index in [1.165, 1.54) is 6.92 Å². The summed E-state index contributed by atoms with van der Waals surface area (Å²) in [5.41, 5.74) is -0.239. The van der Waals surface area contributed by atoms with E-state index in [1.807, 2.05) is 0 Å². The average Bonchev–Trinajstić information content (AvgIpc) is 2.14. The zero-order chi connectivity index (χ0) is 11.4. The molecule has 1 aromatic rings. The SMILES string of the molecule is C[C@H](O)CNC(=O)c1ccc(F)cc1F. The molecule has 0 heterocycles. The molecule has 3 nitrogen and oxygen atoms in total. The molecule has 0 aliphatic heterocycles. The van der Waals surface area contributed by atoms with Gasteiger partial charge in [0.15, 0.2) is 0 Å². The summed E-state index contributed by atoms with van der Waals surface area (Å²) in [4.78, 5) is 11.3. The Morgan fingerprint density at radius 2 is 2.20 bits per heavy atom. The molecule has 0 unspecified atom stereocenters. The van der Waals surface area contributed by atoms with E-state index in [2.05, 4.69) is 5.32 Å². The molecule has 0 aliphatic carbocycles. The zero-order valence-electron chi connectivity index (χ0n) is 8.13. The molecular formula is C10H11F2NO2. The van der Waals surface area contributed by atoms with Crippen LogP contribution in [0.5, 0.6) is 0 Å². The number of carbonyl (C=O) groups is 1. The van der Waals surface area contributed by atoms with Crippen molar-refractivity contribution >= 4 is 5.91 Å². The van der Waals surface area contributed by atoms with E-state index in [9.17, 15) is 13.6 Å². The number of benzene rings is 1. The Kier molecular flexibility index (Phi) is 3.74. The number of amides is 1. The Morgan fingerprint density at radius 1 is 1.53 bits per heavy atom. The zero-order valence-corrected chi connectivity index (χ0v) is 8.13. The second-order valence-electron chi connectivity index (χ2n) is 3.18. The summed E-state index contributed by atoms with van der Waals surface area (Å²) in [6.07, 6.45) is -0.711. The van der Waals surface area contributed by atoms with Gasteiger partial charge in [0.1, 0.15) is 11.6 Å². The van der Waals surface area contributed by atoms with Crippen LogP contribution in [0.15, 0.2) is 18.2 Å². The predicted molar refractivity (Wildman–Crippen MR) is 50.4 cm³/mol. The van der Waals surface area contributed by atoms with Gasteiger partial charge in [0.05, 0.1) is 11.7 Å². The van der Waals surface area contributed by atoms with Gasteiger partial charge in [0.25, 0.3) is 5.91 Å². The van der Waals surface area contributed by atoms with E-state index >= 15 is 0 Å². The molecule has 0 saturated carbocycles.